The molecule has 1 atom stereocenters. The van der Waals surface area contributed by atoms with Gasteiger partial charge >= 0.3 is 5.97 Å². The van der Waals surface area contributed by atoms with Crippen molar-refractivity contribution in [1.82, 2.24) is 19.9 Å². The van der Waals surface area contributed by atoms with Gasteiger partial charge in [0.1, 0.15) is 21.4 Å². The van der Waals surface area contributed by atoms with E-state index in [1.807, 2.05) is 29.6 Å². The van der Waals surface area contributed by atoms with Crippen LogP contribution in [0.1, 0.15) is 11.6 Å². The van der Waals surface area contributed by atoms with Gasteiger partial charge in [0.05, 0.1) is 29.6 Å². The van der Waals surface area contributed by atoms with E-state index in [0.717, 1.165) is 22.0 Å². The standard InChI is InChI=1S/C18H12N6O2S2/c1-26-17(25)10(8-19)13-16(22-12-5-3-2-4-11(12)21-13)28-18-23-14(20)9-6-7-27-15(9)24-18/h2-7,10H,1H3,(H2,20,23,24). The number of nitrogen functional groups attached to an aromatic ring is 1. The lowest BCUT2D eigenvalue weighted by atomic mass is 10.1. The van der Waals surface area contributed by atoms with Gasteiger partial charge in [-0.2, -0.15) is 5.26 Å². The maximum absolute atomic E-state index is 12.1. The predicted molar refractivity (Wildman–Crippen MR) is 106 cm³/mol. The van der Waals surface area contributed by atoms with Crippen LogP contribution in [0.15, 0.2) is 45.9 Å². The number of nitriles is 1. The molecular formula is C18H12N6O2S2. The van der Waals surface area contributed by atoms with E-state index in [0.29, 0.717) is 27.0 Å². The van der Waals surface area contributed by atoms with Crippen LogP contribution in [0.4, 0.5) is 5.82 Å². The fourth-order valence-corrected chi connectivity index (χ4v) is 4.29. The summed E-state index contributed by atoms with van der Waals surface area (Å²) >= 11 is 2.55. The number of rotatable bonds is 4. The number of carbonyl (C=O) groups excluding carboxylic acids is 1. The highest BCUT2D eigenvalue weighted by atomic mass is 32.2. The molecule has 1 aromatic carbocycles. The normalized spacial score (nSPS) is 12.0. The van der Waals surface area contributed by atoms with Crippen LogP contribution in [-0.4, -0.2) is 33.0 Å². The van der Waals surface area contributed by atoms with E-state index in [1.54, 1.807) is 12.1 Å². The van der Waals surface area contributed by atoms with E-state index in [1.165, 1.54) is 18.4 Å². The summed E-state index contributed by atoms with van der Waals surface area (Å²) in [5.74, 6) is -1.57. The van der Waals surface area contributed by atoms with Crippen LogP contribution >= 0.6 is 23.1 Å². The van der Waals surface area contributed by atoms with Gasteiger partial charge < -0.3 is 10.5 Å². The fraction of sp³-hybridized carbons (Fsp3) is 0.111. The first-order valence-corrected chi connectivity index (χ1v) is 9.73. The molecule has 0 bridgehead atoms. The minimum absolute atomic E-state index is 0.200. The Balaban J connectivity index is 1.87. The molecule has 0 radical (unpaired) electrons. The Morgan fingerprint density at radius 2 is 1.96 bits per heavy atom. The summed E-state index contributed by atoms with van der Waals surface area (Å²) in [7, 11) is 1.22. The summed E-state index contributed by atoms with van der Waals surface area (Å²) in [6.45, 7) is 0. The number of aromatic nitrogens is 4. The van der Waals surface area contributed by atoms with Gasteiger partial charge in [0.25, 0.3) is 0 Å². The van der Waals surface area contributed by atoms with Crippen molar-refractivity contribution in [3.63, 3.8) is 0 Å². The Labute approximate surface area is 167 Å². The van der Waals surface area contributed by atoms with Gasteiger partial charge in [-0.15, -0.1) is 11.3 Å². The van der Waals surface area contributed by atoms with E-state index in [-0.39, 0.29) is 5.69 Å². The van der Waals surface area contributed by atoms with Gasteiger partial charge in [0, 0.05) is 0 Å². The number of benzene rings is 1. The number of carbonyl (C=O) groups is 1. The Morgan fingerprint density at radius 3 is 2.68 bits per heavy atom. The number of hydrogen-bond donors (Lipinski definition) is 1. The largest absolute Gasteiger partial charge is 0.468 e. The van der Waals surface area contributed by atoms with Crippen molar-refractivity contribution in [1.29, 1.82) is 5.26 Å². The summed E-state index contributed by atoms with van der Waals surface area (Å²) < 4.78 is 4.75. The topological polar surface area (TPSA) is 128 Å². The quantitative estimate of drug-likeness (QED) is 0.400. The molecule has 0 saturated heterocycles. The smallest absolute Gasteiger partial charge is 0.329 e. The summed E-state index contributed by atoms with van der Waals surface area (Å²) in [6, 6.07) is 11.0. The van der Waals surface area contributed by atoms with Gasteiger partial charge in [-0.05, 0) is 35.3 Å². The maximum Gasteiger partial charge on any atom is 0.329 e. The molecule has 0 spiro atoms. The summed E-state index contributed by atoms with van der Waals surface area (Å²) in [6.07, 6.45) is 0. The second-order valence-electron chi connectivity index (χ2n) is 5.62. The van der Waals surface area contributed by atoms with Crippen molar-refractivity contribution >= 4 is 56.1 Å². The minimum atomic E-state index is -1.22. The number of para-hydroxylation sites is 2. The highest BCUT2D eigenvalue weighted by Gasteiger charge is 2.28. The molecule has 3 heterocycles. The van der Waals surface area contributed by atoms with E-state index >= 15 is 0 Å². The summed E-state index contributed by atoms with van der Waals surface area (Å²) in [4.78, 5) is 30.7. The van der Waals surface area contributed by atoms with Crippen LogP contribution in [0.2, 0.25) is 0 Å². The first-order valence-electron chi connectivity index (χ1n) is 8.03. The van der Waals surface area contributed by atoms with Crippen molar-refractivity contribution < 1.29 is 9.53 Å². The molecule has 10 heteroatoms. The van der Waals surface area contributed by atoms with Crippen molar-refractivity contribution in [2.24, 2.45) is 0 Å². The molecule has 3 aromatic heterocycles. The Morgan fingerprint density at radius 1 is 1.21 bits per heavy atom. The molecule has 8 nitrogen and oxygen atoms in total. The van der Waals surface area contributed by atoms with E-state index < -0.39 is 11.9 Å². The molecular weight excluding hydrogens is 396 g/mol. The molecule has 4 rings (SSSR count). The molecule has 0 aliphatic rings. The van der Waals surface area contributed by atoms with Crippen molar-refractivity contribution in [3.8, 4) is 6.07 Å². The number of nitrogens with two attached hydrogens (primary N) is 1. The number of methoxy groups -OCH3 is 1. The minimum Gasteiger partial charge on any atom is -0.468 e. The second-order valence-corrected chi connectivity index (χ2v) is 7.47. The Hall–Kier alpha value is -3.29. The number of thiophene rings is 1. The van der Waals surface area contributed by atoms with Crippen LogP contribution in [0, 0.1) is 11.3 Å². The molecule has 138 valence electrons. The third-order valence-electron chi connectivity index (χ3n) is 3.93. The first-order chi connectivity index (χ1) is 13.6. The third-order valence-corrected chi connectivity index (χ3v) is 5.59. The average molecular weight is 408 g/mol. The van der Waals surface area contributed by atoms with Crippen LogP contribution in [-0.2, 0) is 9.53 Å². The van der Waals surface area contributed by atoms with Gasteiger partial charge in [0.2, 0.25) is 0 Å². The SMILES string of the molecule is COC(=O)C(C#N)c1nc2ccccc2nc1Sc1nc(N)c2ccsc2n1. The second kappa shape index (κ2) is 7.38. The Kier molecular flexibility index (Phi) is 4.77. The molecule has 0 amide bonds. The zero-order valence-electron chi connectivity index (χ0n) is 14.5. The fourth-order valence-electron chi connectivity index (χ4n) is 2.59. The van der Waals surface area contributed by atoms with Crippen LogP contribution in [0.5, 0.6) is 0 Å². The van der Waals surface area contributed by atoms with E-state index in [4.69, 9.17) is 10.5 Å². The lowest BCUT2D eigenvalue weighted by Gasteiger charge is -2.12. The summed E-state index contributed by atoms with van der Waals surface area (Å²) in [5, 5.41) is 12.9. The molecule has 4 aromatic rings. The van der Waals surface area contributed by atoms with Crippen LogP contribution in [0.3, 0.4) is 0 Å². The van der Waals surface area contributed by atoms with Gasteiger partial charge in [-0.3, -0.25) is 4.79 Å². The zero-order chi connectivity index (χ0) is 19.7. The molecule has 0 fully saturated rings. The number of ether oxygens (including phenoxy) is 1. The number of nitrogens with zero attached hydrogens (tertiary/aromatic N) is 5. The number of hydrogen-bond acceptors (Lipinski definition) is 10. The average Bonchev–Trinajstić information content (AvgIpc) is 3.18. The number of esters is 1. The monoisotopic (exact) mass is 408 g/mol. The molecule has 2 N–H and O–H groups in total. The molecule has 0 aliphatic heterocycles. The highest BCUT2D eigenvalue weighted by Crippen LogP contribution is 2.34. The zero-order valence-corrected chi connectivity index (χ0v) is 16.1. The van der Waals surface area contributed by atoms with Crippen molar-refractivity contribution in [2.45, 2.75) is 16.1 Å². The number of anilines is 1. The number of fused-ring (bicyclic) bond motifs is 2. The maximum atomic E-state index is 12.1. The van der Waals surface area contributed by atoms with Crippen LogP contribution in [0.25, 0.3) is 21.3 Å². The third kappa shape index (κ3) is 3.21. The Bertz CT molecular complexity index is 1250. The summed E-state index contributed by atoms with van der Waals surface area (Å²) in [5.41, 5.74) is 7.41. The lowest BCUT2D eigenvalue weighted by molar-refractivity contribution is -0.141. The van der Waals surface area contributed by atoms with E-state index in [2.05, 4.69) is 19.9 Å². The van der Waals surface area contributed by atoms with Gasteiger partial charge in [0.15, 0.2) is 11.1 Å². The van der Waals surface area contributed by atoms with Crippen molar-refractivity contribution in [3.05, 3.63) is 41.4 Å². The highest BCUT2D eigenvalue weighted by molar-refractivity contribution is 7.99. The van der Waals surface area contributed by atoms with Gasteiger partial charge in [-0.1, -0.05) is 12.1 Å². The van der Waals surface area contributed by atoms with E-state index in [9.17, 15) is 10.1 Å². The molecule has 1 unspecified atom stereocenters. The lowest BCUT2D eigenvalue weighted by Crippen LogP contribution is -2.16. The molecule has 0 aliphatic carbocycles. The molecule has 28 heavy (non-hydrogen) atoms. The first kappa shape index (κ1) is 18.1. The van der Waals surface area contributed by atoms with Crippen LogP contribution < -0.4 is 5.73 Å². The van der Waals surface area contributed by atoms with Gasteiger partial charge in [-0.25, -0.2) is 19.9 Å². The van der Waals surface area contributed by atoms with Crippen molar-refractivity contribution in [2.75, 3.05) is 12.8 Å². The molecule has 0 saturated carbocycles. The predicted octanol–water partition coefficient (Wildman–Crippen LogP) is 3.15.